The summed E-state index contributed by atoms with van der Waals surface area (Å²) in [5.74, 6) is 0.210. The molecule has 1 aliphatic rings. The Balaban J connectivity index is 2.00. The number of aliphatic hydroxyl groups excluding tert-OH is 2. The van der Waals surface area contributed by atoms with Crippen LogP contribution in [0.25, 0.3) is 6.08 Å². The molecule has 0 bridgehead atoms. The maximum atomic E-state index is 11.4. The third kappa shape index (κ3) is 4.91. The van der Waals surface area contributed by atoms with Gasteiger partial charge in [0, 0.05) is 13.0 Å². The molecule has 3 N–H and O–H groups in total. The molecule has 0 fully saturated rings. The average molecular weight is 301 g/mol. The fraction of sp³-hybridized carbons (Fsp3) is 0.389. The molecule has 4 nitrogen and oxygen atoms in total. The smallest absolute Gasteiger partial charge is 0.155 e. The molecule has 118 valence electrons. The van der Waals surface area contributed by atoms with Crippen LogP contribution in [0.15, 0.2) is 42.0 Å². The molecular weight excluding hydrogens is 278 g/mol. The molecule has 0 saturated heterocycles. The van der Waals surface area contributed by atoms with Crippen LogP contribution in [-0.2, 0) is 4.79 Å². The zero-order chi connectivity index (χ0) is 15.8. The Morgan fingerprint density at radius 2 is 1.91 bits per heavy atom. The van der Waals surface area contributed by atoms with Crippen molar-refractivity contribution in [1.82, 2.24) is 5.32 Å². The van der Waals surface area contributed by atoms with E-state index in [9.17, 15) is 9.90 Å². The molecule has 0 spiro atoms. The summed E-state index contributed by atoms with van der Waals surface area (Å²) in [6.07, 6.45) is 8.29. The van der Waals surface area contributed by atoms with Gasteiger partial charge in [0.15, 0.2) is 5.78 Å². The van der Waals surface area contributed by atoms with E-state index in [-0.39, 0.29) is 25.0 Å². The minimum Gasteiger partial charge on any atom is -0.395 e. The van der Waals surface area contributed by atoms with Gasteiger partial charge in [0.1, 0.15) is 0 Å². The number of nitrogens with one attached hydrogen (secondary N) is 1. The maximum absolute atomic E-state index is 11.4. The van der Waals surface area contributed by atoms with Gasteiger partial charge in [-0.25, -0.2) is 0 Å². The number of allylic oxidation sites excluding steroid dienone is 3. The Morgan fingerprint density at radius 1 is 1.14 bits per heavy atom. The van der Waals surface area contributed by atoms with Crippen LogP contribution in [-0.4, -0.2) is 35.8 Å². The highest BCUT2D eigenvalue weighted by Crippen LogP contribution is 2.18. The van der Waals surface area contributed by atoms with Crippen LogP contribution in [0.2, 0.25) is 0 Å². The molecule has 0 aliphatic heterocycles. The van der Waals surface area contributed by atoms with E-state index in [0.29, 0.717) is 13.0 Å². The molecule has 2 rings (SSSR count). The molecular formula is C18H23NO3. The van der Waals surface area contributed by atoms with Crippen molar-refractivity contribution in [3.8, 4) is 0 Å². The second-order valence-electron chi connectivity index (χ2n) is 5.45. The number of carbonyl (C=O) groups is 1. The van der Waals surface area contributed by atoms with Crippen molar-refractivity contribution in [2.24, 2.45) is 0 Å². The summed E-state index contributed by atoms with van der Waals surface area (Å²) in [4.78, 5) is 11.4. The van der Waals surface area contributed by atoms with E-state index in [1.165, 1.54) is 0 Å². The van der Waals surface area contributed by atoms with Crippen molar-refractivity contribution < 1.29 is 15.0 Å². The highest BCUT2D eigenvalue weighted by molar-refractivity contribution is 5.91. The Kier molecular flexibility index (Phi) is 6.52. The predicted octanol–water partition coefficient (Wildman–Crippen LogP) is 1.99. The van der Waals surface area contributed by atoms with Gasteiger partial charge in [-0.15, -0.1) is 0 Å². The van der Waals surface area contributed by atoms with Crippen molar-refractivity contribution in [3.63, 3.8) is 0 Å². The predicted molar refractivity (Wildman–Crippen MR) is 87.3 cm³/mol. The summed E-state index contributed by atoms with van der Waals surface area (Å²) < 4.78 is 0. The molecule has 0 amide bonds. The van der Waals surface area contributed by atoms with E-state index in [0.717, 1.165) is 29.5 Å². The van der Waals surface area contributed by atoms with Crippen LogP contribution in [0.5, 0.6) is 0 Å². The molecule has 0 saturated carbocycles. The average Bonchev–Trinajstić information content (AvgIpc) is 2.55. The SMILES string of the molecule is O=C1C=C(C=Cc2ccc(C(CO)NCCO)cc2)CCC1. The lowest BCUT2D eigenvalue weighted by Crippen LogP contribution is -2.27. The largest absolute Gasteiger partial charge is 0.395 e. The van der Waals surface area contributed by atoms with Gasteiger partial charge in [0.05, 0.1) is 19.3 Å². The normalized spacial score (nSPS) is 16.8. The minimum atomic E-state index is -0.163. The summed E-state index contributed by atoms with van der Waals surface area (Å²) in [5, 5.41) is 21.3. The third-order valence-electron chi connectivity index (χ3n) is 3.75. The van der Waals surface area contributed by atoms with E-state index in [2.05, 4.69) is 5.32 Å². The summed E-state index contributed by atoms with van der Waals surface area (Å²) in [7, 11) is 0. The summed E-state index contributed by atoms with van der Waals surface area (Å²) >= 11 is 0. The second kappa shape index (κ2) is 8.63. The van der Waals surface area contributed by atoms with Crippen LogP contribution in [0.1, 0.15) is 36.4 Å². The molecule has 0 aromatic heterocycles. The number of ketones is 1. The topological polar surface area (TPSA) is 69.6 Å². The van der Waals surface area contributed by atoms with Gasteiger partial charge in [0.2, 0.25) is 0 Å². The minimum absolute atomic E-state index is 0.00974. The molecule has 1 aliphatic carbocycles. The fourth-order valence-electron chi connectivity index (χ4n) is 2.52. The second-order valence-corrected chi connectivity index (χ2v) is 5.45. The number of rotatable bonds is 7. The van der Waals surface area contributed by atoms with E-state index in [1.807, 2.05) is 36.4 Å². The molecule has 1 aromatic carbocycles. The first-order valence-corrected chi connectivity index (χ1v) is 7.69. The van der Waals surface area contributed by atoms with Crippen LogP contribution >= 0.6 is 0 Å². The number of hydrogen-bond acceptors (Lipinski definition) is 4. The number of carbonyl (C=O) groups excluding carboxylic acids is 1. The fourth-order valence-corrected chi connectivity index (χ4v) is 2.52. The lowest BCUT2D eigenvalue weighted by molar-refractivity contribution is -0.115. The lowest BCUT2D eigenvalue weighted by Gasteiger charge is -2.16. The monoisotopic (exact) mass is 301 g/mol. The van der Waals surface area contributed by atoms with Crippen molar-refractivity contribution in [2.75, 3.05) is 19.8 Å². The molecule has 0 heterocycles. The van der Waals surface area contributed by atoms with Gasteiger partial charge in [-0.05, 0) is 35.6 Å². The van der Waals surface area contributed by atoms with Gasteiger partial charge < -0.3 is 15.5 Å². The lowest BCUT2D eigenvalue weighted by atomic mass is 9.97. The Bertz CT molecular complexity index is 546. The molecule has 1 aromatic rings. The van der Waals surface area contributed by atoms with Crippen molar-refractivity contribution in [1.29, 1.82) is 0 Å². The van der Waals surface area contributed by atoms with E-state index >= 15 is 0 Å². The number of aliphatic hydroxyl groups is 2. The molecule has 4 heteroatoms. The molecule has 0 radical (unpaired) electrons. The van der Waals surface area contributed by atoms with E-state index in [1.54, 1.807) is 6.08 Å². The molecule has 1 atom stereocenters. The van der Waals surface area contributed by atoms with Crippen LogP contribution in [0, 0.1) is 0 Å². The van der Waals surface area contributed by atoms with Gasteiger partial charge in [-0.1, -0.05) is 36.4 Å². The van der Waals surface area contributed by atoms with Crippen LogP contribution in [0.3, 0.4) is 0 Å². The van der Waals surface area contributed by atoms with Crippen LogP contribution in [0.4, 0.5) is 0 Å². The quantitative estimate of drug-likeness (QED) is 0.720. The maximum Gasteiger partial charge on any atom is 0.155 e. The molecule has 1 unspecified atom stereocenters. The van der Waals surface area contributed by atoms with Gasteiger partial charge >= 0.3 is 0 Å². The number of hydrogen-bond donors (Lipinski definition) is 3. The number of benzene rings is 1. The Morgan fingerprint density at radius 3 is 2.55 bits per heavy atom. The summed E-state index contributed by atoms with van der Waals surface area (Å²) in [5.41, 5.74) is 3.12. The van der Waals surface area contributed by atoms with Gasteiger partial charge in [-0.2, -0.15) is 0 Å². The zero-order valence-electron chi connectivity index (χ0n) is 12.7. The van der Waals surface area contributed by atoms with Crippen molar-refractivity contribution in [3.05, 3.63) is 53.1 Å². The summed E-state index contributed by atoms with van der Waals surface area (Å²) in [6, 6.07) is 7.74. The van der Waals surface area contributed by atoms with Crippen LogP contribution < -0.4 is 5.32 Å². The first-order valence-electron chi connectivity index (χ1n) is 7.69. The zero-order valence-corrected chi connectivity index (χ0v) is 12.7. The van der Waals surface area contributed by atoms with Crippen molar-refractivity contribution in [2.45, 2.75) is 25.3 Å². The van der Waals surface area contributed by atoms with Gasteiger partial charge in [-0.3, -0.25) is 4.79 Å². The first kappa shape index (κ1) is 16.6. The van der Waals surface area contributed by atoms with E-state index < -0.39 is 0 Å². The highest BCUT2D eigenvalue weighted by atomic mass is 16.3. The standard InChI is InChI=1S/C18H23NO3/c20-11-10-19-18(13-21)16-8-6-14(7-9-16)4-5-15-2-1-3-17(22)12-15/h4-9,12,18-21H,1-3,10-11,13H2. The Hall–Kier alpha value is -1.75. The summed E-state index contributed by atoms with van der Waals surface area (Å²) in [6.45, 7) is 0.490. The Labute approximate surface area is 131 Å². The first-order chi connectivity index (χ1) is 10.7. The van der Waals surface area contributed by atoms with E-state index in [4.69, 9.17) is 5.11 Å². The van der Waals surface area contributed by atoms with Crippen molar-refractivity contribution >= 4 is 11.9 Å². The van der Waals surface area contributed by atoms with Gasteiger partial charge in [0.25, 0.3) is 0 Å². The highest BCUT2D eigenvalue weighted by Gasteiger charge is 2.09. The molecule has 22 heavy (non-hydrogen) atoms. The third-order valence-corrected chi connectivity index (χ3v) is 3.75.